The van der Waals surface area contributed by atoms with E-state index in [1.165, 1.54) is 0 Å². The zero-order valence-corrected chi connectivity index (χ0v) is 9.62. The summed E-state index contributed by atoms with van der Waals surface area (Å²) in [6.45, 7) is 4.66. The van der Waals surface area contributed by atoms with Crippen molar-refractivity contribution in [2.24, 2.45) is 0 Å². The van der Waals surface area contributed by atoms with Crippen molar-refractivity contribution in [3.8, 4) is 0 Å². The van der Waals surface area contributed by atoms with Gasteiger partial charge in [0.15, 0.2) is 5.78 Å². The fraction of sp³-hybridized carbons (Fsp3) is 0.727. The zero-order chi connectivity index (χ0) is 11.4. The zero-order valence-electron chi connectivity index (χ0n) is 9.62. The molecule has 0 aliphatic carbocycles. The third-order valence-electron chi connectivity index (χ3n) is 1.75. The molecule has 0 unspecified atom stereocenters. The Balaban J connectivity index is 3.14. The van der Waals surface area contributed by atoms with Crippen molar-refractivity contribution in [1.29, 1.82) is 0 Å². The molecule has 4 heteroatoms. The number of likely N-dealkylation sites (N-methyl/N-ethyl adjacent to an activating group) is 1. The molecule has 0 saturated heterocycles. The Kier molecular flexibility index (Phi) is 10.8. The van der Waals surface area contributed by atoms with Gasteiger partial charge in [0.1, 0.15) is 6.61 Å². The van der Waals surface area contributed by atoms with Crippen molar-refractivity contribution in [3.05, 3.63) is 12.2 Å². The van der Waals surface area contributed by atoms with Crippen LogP contribution in [0.5, 0.6) is 0 Å². The lowest BCUT2D eigenvalue weighted by Crippen LogP contribution is -2.14. The summed E-state index contributed by atoms with van der Waals surface area (Å²) in [4.78, 5) is 10.8. The van der Waals surface area contributed by atoms with Gasteiger partial charge in [0.05, 0.1) is 19.8 Å². The summed E-state index contributed by atoms with van der Waals surface area (Å²) in [5.41, 5.74) is 0. The van der Waals surface area contributed by atoms with E-state index in [0.717, 1.165) is 6.54 Å². The van der Waals surface area contributed by atoms with E-state index in [1.807, 2.05) is 26.1 Å². The van der Waals surface area contributed by atoms with Gasteiger partial charge in [-0.1, -0.05) is 19.1 Å². The van der Waals surface area contributed by atoms with Crippen LogP contribution in [0.15, 0.2) is 12.2 Å². The maximum absolute atomic E-state index is 10.8. The Morgan fingerprint density at radius 1 is 1.27 bits per heavy atom. The predicted molar refractivity (Wildman–Crippen MR) is 60.0 cm³/mol. The summed E-state index contributed by atoms with van der Waals surface area (Å²) in [6, 6.07) is 0. The summed E-state index contributed by atoms with van der Waals surface area (Å²) in [7, 11) is 1.89. The quantitative estimate of drug-likeness (QED) is 0.432. The lowest BCUT2D eigenvalue weighted by molar-refractivity contribution is -0.122. The lowest BCUT2D eigenvalue weighted by Gasteiger charge is -1.99. The highest BCUT2D eigenvalue weighted by Gasteiger charge is 1.94. The summed E-state index contributed by atoms with van der Waals surface area (Å²) in [5, 5.41) is 2.99. The van der Waals surface area contributed by atoms with Gasteiger partial charge in [0.2, 0.25) is 0 Å². The molecule has 88 valence electrons. The molecule has 0 fully saturated rings. The summed E-state index contributed by atoms with van der Waals surface area (Å²) >= 11 is 0. The number of ether oxygens (including phenoxy) is 2. The van der Waals surface area contributed by atoms with Crippen LogP contribution in [-0.2, 0) is 14.3 Å². The molecular formula is C11H21NO3. The van der Waals surface area contributed by atoms with Crippen molar-refractivity contribution in [1.82, 2.24) is 5.32 Å². The number of hydrogen-bond donors (Lipinski definition) is 1. The summed E-state index contributed by atoms with van der Waals surface area (Å²) in [6.07, 6.45) is 4.30. The first-order valence-electron chi connectivity index (χ1n) is 5.28. The van der Waals surface area contributed by atoms with E-state index in [4.69, 9.17) is 9.47 Å². The fourth-order valence-corrected chi connectivity index (χ4v) is 0.805. The molecule has 0 spiro atoms. The highest BCUT2D eigenvalue weighted by atomic mass is 16.5. The van der Waals surface area contributed by atoms with Gasteiger partial charge < -0.3 is 14.8 Å². The molecule has 0 atom stereocenters. The molecule has 0 aromatic rings. The second kappa shape index (κ2) is 11.4. The number of Topliss-reactive ketones (excluding diaryl/α,β-unsaturated/α-hetero) is 1. The second-order valence-corrected chi connectivity index (χ2v) is 3.06. The third kappa shape index (κ3) is 11.2. The lowest BCUT2D eigenvalue weighted by atomic mass is 10.3. The number of carbonyl (C=O) groups excluding carboxylic acids is 1. The van der Waals surface area contributed by atoms with Crippen LogP contribution >= 0.6 is 0 Å². The van der Waals surface area contributed by atoms with Gasteiger partial charge in [-0.25, -0.2) is 0 Å². The highest BCUT2D eigenvalue weighted by Crippen LogP contribution is 1.84. The van der Waals surface area contributed by atoms with E-state index < -0.39 is 0 Å². The highest BCUT2D eigenvalue weighted by molar-refractivity contribution is 5.79. The number of carbonyl (C=O) groups is 1. The van der Waals surface area contributed by atoms with Crippen LogP contribution in [0.25, 0.3) is 0 Å². The average Bonchev–Trinajstić information content (AvgIpc) is 2.26. The molecule has 0 aromatic carbocycles. The number of nitrogens with one attached hydrogen (secondary N) is 1. The Labute approximate surface area is 91.6 Å². The van der Waals surface area contributed by atoms with E-state index in [-0.39, 0.29) is 12.4 Å². The molecule has 0 aliphatic heterocycles. The number of rotatable bonds is 10. The Morgan fingerprint density at radius 3 is 2.53 bits per heavy atom. The first-order valence-corrected chi connectivity index (χ1v) is 5.28. The topological polar surface area (TPSA) is 47.6 Å². The maximum Gasteiger partial charge on any atom is 0.158 e. The van der Waals surface area contributed by atoms with Crippen LogP contribution in [0.3, 0.4) is 0 Å². The van der Waals surface area contributed by atoms with Crippen molar-refractivity contribution in [2.75, 3.05) is 40.0 Å². The molecule has 0 saturated carbocycles. The summed E-state index contributed by atoms with van der Waals surface area (Å²) < 4.78 is 10.4. The molecule has 0 radical (unpaired) electrons. The van der Waals surface area contributed by atoms with Gasteiger partial charge in [0, 0.05) is 13.0 Å². The van der Waals surface area contributed by atoms with Crippen molar-refractivity contribution >= 4 is 5.78 Å². The monoisotopic (exact) mass is 215 g/mol. The number of ketones is 1. The van der Waals surface area contributed by atoms with Crippen molar-refractivity contribution in [2.45, 2.75) is 13.3 Å². The minimum Gasteiger partial charge on any atom is -0.376 e. The molecule has 0 amide bonds. The van der Waals surface area contributed by atoms with E-state index in [9.17, 15) is 4.79 Å². The minimum absolute atomic E-state index is 0.133. The molecule has 0 aliphatic rings. The van der Waals surface area contributed by atoms with Crippen LogP contribution in [0.1, 0.15) is 13.3 Å². The molecule has 0 rings (SSSR count). The Hall–Kier alpha value is -0.710. The molecular weight excluding hydrogens is 194 g/mol. The fourth-order valence-electron chi connectivity index (χ4n) is 0.805. The third-order valence-corrected chi connectivity index (χ3v) is 1.75. The minimum atomic E-state index is 0.133. The predicted octanol–water partition coefficient (Wildman–Crippen LogP) is 0.774. The molecule has 0 bridgehead atoms. The van der Waals surface area contributed by atoms with E-state index in [0.29, 0.717) is 26.2 Å². The van der Waals surface area contributed by atoms with E-state index in [1.54, 1.807) is 0 Å². The standard InChI is InChI=1S/C11H21NO3/c1-3-11(13)10-15-8-5-4-7-14-9-6-12-2/h4-5,12H,3,6-10H2,1-2H3/b5-4-. The van der Waals surface area contributed by atoms with Gasteiger partial charge in [-0.3, -0.25) is 4.79 Å². The Morgan fingerprint density at radius 2 is 1.93 bits per heavy atom. The van der Waals surface area contributed by atoms with Crippen LogP contribution in [-0.4, -0.2) is 45.8 Å². The molecule has 4 nitrogen and oxygen atoms in total. The smallest absolute Gasteiger partial charge is 0.158 e. The first-order chi connectivity index (χ1) is 7.31. The molecule has 0 aromatic heterocycles. The van der Waals surface area contributed by atoms with Crippen molar-refractivity contribution in [3.63, 3.8) is 0 Å². The van der Waals surface area contributed by atoms with E-state index >= 15 is 0 Å². The van der Waals surface area contributed by atoms with Gasteiger partial charge in [0.25, 0.3) is 0 Å². The molecule has 15 heavy (non-hydrogen) atoms. The van der Waals surface area contributed by atoms with Gasteiger partial charge in [-0.05, 0) is 7.05 Å². The average molecular weight is 215 g/mol. The van der Waals surface area contributed by atoms with Gasteiger partial charge in [-0.2, -0.15) is 0 Å². The summed E-state index contributed by atoms with van der Waals surface area (Å²) in [5.74, 6) is 0.133. The van der Waals surface area contributed by atoms with Crippen LogP contribution in [0.4, 0.5) is 0 Å². The maximum atomic E-state index is 10.8. The van der Waals surface area contributed by atoms with Crippen LogP contribution in [0, 0.1) is 0 Å². The first kappa shape index (κ1) is 14.3. The molecule has 0 heterocycles. The number of hydrogen-bond acceptors (Lipinski definition) is 4. The normalized spacial score (nSPS) is 11.1. The van der Waals surface area contributed by atoms with Crippen LogP contribution in [0.2, 0.25) is 0 Å². The Bertz CT molecular complexity index is 181. The second-order valence-electron chi connectivity index (χ2n) is 3.06. The largest absolute Gasteiger partial charge is 0.376 e. The van der Waals surface area contributed by atoms with E-state index in [2.05, 4.69) is 5.32 Å². The SMILES string of the molecule is CCC(=O)COC/C=C\COCCNC. The van der Waals surface area contributed by atoms with Gasteiger partial charge >= 0.3 is 0 Å². The van der Waals surface area contributed by atoms with Gasteiger partial charge in [-0.15, -0.1) is 0 Å². The molecule has 1 N–H and O–H groups in total. The van der Waals surface area contributed by atoms with Crippen molar-refractivity contribution < 1.29 is 14.3 Å². The van der Waals surface area contributed by atoms with Crippen LogP contribution < -0.4 is 5.32 Å².